The molecule has 0 aliphatic carbocycles. The van der Waals surface area contributed by atoms with Crippen LogP contribution in [0.25, 0.3) is 22.4 Å². The molecule has 180 valence electrons. The highest BCUT2D eigenvalue weighted by atomic mass is 35.5. The summed E-state index contributed by atoms with van der Waals surface area (Å²) in [5.74, 6) is 1.06. The Morgan fingerprint density at radius 3 is 2.85 bits per heavy atom. The predicted octanol–water partition coefficient (Wildman–Crippen LogP) is 2.15. The van der Waals surface area contributed by atoms with E-state index < -0.39 is 0 Å². The maximum Gasteiger partial charge on any atom is 0.224 e. The minimum atomic E-state index is -0.0561. The van der Waals surface area contributed by atoms with E-state index in [2.05, 4.69) is 51.0 Å². The maximum atomic E-state index is 5.95. The molecule has 5 rings (SSSR count). The first kappa shape index (κ1) is 24.2. The number of halogens is 1. The fourth-order valence-corrected chi connectivity index (χ4v) is 4.42. The summed E-state index contributed by atoms with van der Waals surface area (Å²) in [5.41, 5.74) is 9.10. The number of hydrogen-bond donors (Lipinski definition) is 4. The zero-order valence-corrected chi connectivity index (χ0v) is 20.1. The third-order valence-electron chi connectivity index (χ3n) is 5.52. The SMILES string of the molecule is Cl.NCC(Nc1nccc(-c2[nH]nc3nc(NCCN4CCOCC4)ncc23)n1)c1ccsc1. The third-order valence-corrected chi connectivity index (χ3v) is 6.22. The average molecular weight is 503 g/mol. The van der Waals surface area contributed by atoms with Crippen LogP contribution in [-0.4, -0.2) is 81.0 Å². The van der Waals surface area contributed by atoms with Crippen molar-refractivity contribution in [3.05, 3.63) is 40.8 Å². The van der Waals surface area contributed by atoms with Crippen molar-refractivity contribution < 1.29 is 4.74 Å². The summed E-state index contributed by atoms with van der Waals surface area (Å²) in [7, 11) is 0. The lowest BCUT2D eigenvalue weighted by molar-refractivity contribution is 0.0398. The van der Waals surface area contributed by atoms with Crippen LogP contribution in [-0.2, 0) is 4.74 Å². The van der Waals surface area contributed by atoms with Gasteiger partial charge in [-0.15, -0.1) is 12.4 Å². The Morgan fingerprint density at radius 1 is 1.18 bits per heavy atom. The normalized spacial score (nSPS) is 15.1. The van der Waals surface area contributed by atoms with Gasteiger partial charge in [-0.25, -0.2) is 15.0 Å². The Bertz CT molecular complexity index is 1180. The molecule has 0 aromatic carbocycles. The number of ether oxygens (including phenoxy) is 1. The molecular weight excluding hydrogens is 476 g/mol. The second kappa shape index (κ2) is 11.5. The lowest BCUT2D eigenvalue weighted by Crippen LogP contribution is -2.39. The van der Waals surface area contributed by atoms with Gasteiger partial charge in [0.05, 0.1) is 36.0 Å². The first-order chi connectivity index (χ1) is 16.3. The van der Waals surface area contributed by atoms with Crippen LogP contribution < -0.4 is 16.4 Å². The highest BCUT2D eigenvalue weighted by Gasteiger charge is 2.15. The first-order valence-electron chi connectivity index (χ1n) is 10.9. The van der Waals surface area contributed by atoms with Crippen molar-refractivity contribution in [2.75, 3.05) is 56.6 Å². The average Bonchev–Trinajstić information content (AvgIpc) is 3.54. The van der Waals surface area contributed by atoms with E-state index >= 15 is 0 Å². The van der Waals surface area contributed by atoms with Crippen LogP contribution in [0.3, 0.4) is 0 Å². The minimum absolute atomic E-state index is 0. The Morgan fingerprint density at radius 2 is 2.06 bits per heavy atom. The number of rotatable bonds is 9. The van der Waals surface area contributed by atoms with Gasteiger partial charge in [0.2, 0.25) is 11.9 Å². The minimum Gasteiger partial charge on any atom is -0.379 e. The number of thiophene rings is 1. The van der Waals surface area contributed by atoms with Gasteiger partial charge in [0, 0.05) is 45.1 Å². The number of nitrogens with zero attached hydrogens (tertiary/aromatic N) is 6. The Hall–Kier alpha value is -2.90. The van der Waals surface area contributed by atoms with Gasteiger partial charge in [-0.3, -0.25) is 10.00 Å². The highest BCUT2D eigenvalue weighted by Crippen LogP contribution is 2.25. The number of nitrogens with one attached hydrogen (secondary N) is 3. The van der Waals surface area contributed by atoms with Crippen molar-refractivity contribution in [3.63, 3.8) is 0 Å². The van der Waals surface area contributed by atoms with Crippen molar-refractivity contribution in [3.8, 4) is 11.4 Å². The van der Waals surface area contributed by atoms with Crippen LogP contribution in [0.1, 0.15) is 11.6 Å². The molecule has 4 aromatic rings. The standard InChI is InChI=1S/C21H26N10OS.ClH/c22-11-17(14-2-10-33-13-14)27-21-23-3-1-16(26-21)18-15-12-25-20(28-19(15)30-29-18)24-4-5-31-6-8-32-9-7-31;/h1-3,10,12-13,17H,4-9,11,22H2,(H,23,26,27)(H2,24,25,28,29,30);1H. The lowest BCUT2D eigenvalue weighted by Gasteiger charge is -2.26. The molecule has 5 heterocycles. The van der Waals surface area contributed by atoms with Gasteiger partial charge in [-0.2, -0.15) is 21.4 Å². The molecule has 1 fully saturated rings. The third kappa shape index (κ3) is 5.59. The summed E-state index contributed by atoms with van der Waals surface area (Å²) in [6.45, 7) is 5.61. The van der Waals surface area contributed by atoms with Crippen molar-refractivity contribution in [2.24, 2.45) is 5.73 Å². The van der Waals surface area contributed by atoms with E-state index in [9.17, 15) is 0 Å². The van der Waals surface area contributed by atoms with Crippen LogP contribution >= 0.6 is 23.7 Å². The van der Waals surface area contributed by atoms with Gasteiger partial charge in [-0.05, 0) is 28.5 Å². The van der Waals surface area contributed by atoms with E-state index in [4.69, 9.17) is 10.5 Å². The van der Waals surface area contributed by atoms with Gasteiger partial charge in [0.25, 0.3) is 0 Å². The first-order valence-corrected chi connectivity index (χ1v) is 11.8. The highest BCUT2D eigenvalue weighted by molar-refractivity contribution is 7.08. The molecule has 4 aromatic heterocycles. The fraction of sp³-hybridized carbons (Fsp3) is 0.381. The van der Waals surface area contributed by atoms with Crippen LogP contribution in [0.2, 0.25) is 0 Å². The predicted molar refractivity (Wildman–Crippen MR) is 135 cm³/mol. The number of aromatic amines is 1. The number of nitrogens with two attached hydrogens (primary N) is 1. The molecule has 1 unspecified atom stereocenters. The van der Waals surface area contributed by atoms with E-state index in [-0.39, 0.29) is 18.4 Å². The molecular formula is C21H27ClN10OS. The van der Waals surface area contributed by atoms with E-state index in [1.165, 1.54) is 0 Å². The number of morpholine rings is 1. The molecule has 0 spiro atoms. The molecule has 0 radical (unpaired) electrons. The van der Waals surface area contributed by atoms with Gasteiger partial charge in [0.15, 0.2) is 5.65 Å². The van der Waals surface area contributed by atoms with E-state index in [1.807, 2.05) is 17.5 Å². The Labute approximate surface area is 207 Å². The summed E-state index contributed by atoms with van der Waals surface area (Å²) >= 11 is 1.63. The van der Waals surface area contributed by atoms with Crippen molar-refractivity contribution in [1.82, 2.24) is 35.0 Å². The van der Waals surface area contributed by atoms with Gasteiger partial charge in [-0.1, -0.05) is 0 Å². The molecule has 13 heteroatoms. The molecule has 1 aliphatic heterocycles. The monoisotopic (exact) mass is 502 g/mol. The van der Waals surface area contributed by atoms with E-state index in [0.29, 0.717) is 29.8 Å². The molecule has 0 amide bonds. The molecule has 1 atom stereocenters. The Kier molecular flexibility index (Phi) is 8.19. The lowest BCUT2D eigenvalue weighted by atomic mass is 10.1. The number of hydrogen-bond acceptors (Lipinski definition) is 11. The van der Waals surface area contributed by atoms with Crippen molar-refractivity contribution in [2.45, 2.75) is 6.04 Å². The molecule has 11 nitrogen and oxygen atoms in total. The van der Waals surface area contributed by atoms with Gasteiger partial charge >= 0.3 is 0 Å². The van der Waals surface area contributed by atoms with Crippen LogP contribution in [0.4, 0.5) is 11.9 Å². The van der Waals surface area contributed by atoms with Crippen LogP contribution in [0.15, 0.2) is 35.3 Å². The zero-order chi connectivity index (χ0) is 22.5. The zero-order valence-electron chi connectivity index (χ0n) is 18.5. The topological polar surface area (TPSA) is 143 Å². The molecule has 0 bridgehead atoms. The van der Waals surface area contributed by atoms with Crippen LogP contribution in [0.5, 0.6) is 0 Å². The number of anilines is 2. The number of fused-ring (bicyclic) bond motifs is 1. The Balaban J connectivity index is 0.00000274. The second-order valence-electron chi connectivity index (χ2n) is 7.67. The van der Waals surface area contributed by atoms with Crippen molar-refractivity contribution in [1.29, 1.82) is 0 Å². The quantitative estimate of drug-likeness (QED) is 0.269. The molecule has 0 saturated carbocycles. The molecule has 1 saturated heterocycles. The smallest absolute Gasteiger partial charge is 0.224 e. The summed E-state index contributed by atoms with van der Waals surface area (Å²) in [6, 6.07) is 3.82. The summed E-state index contributed by atoms with van der Waals surface area (Å²) in [4.78, 5) is 20.4. The number of H-pyrrole nitrogens is 1. The second-order valence-corrected chi connectivity index (χ2v) is 8.45. The van der Waals surface area contributed by atoms with E-state index in [1.54, 1.807) is 23.7 Å². The molecule has 1 aliphatic rings. The summed E-state index contributed by atoms with van der Waals surface area (Å²) in [5, 5.41) is 18.9. The number of aromatic nitrogens is 6. The molecule has 34 heavy (non-hydrogen) atoms. The largest absolute Gasteiger partial charge is 0.379 e. The fourth-order valence-electron chi connectivity index (χ4n) is 3.71. The van der Waals surface area contributed by atoms with Crippen LogP contribution in [0, 0.1) is 0 Å². The molecule has 5 N–H and O–H groups in total. The maximum absolute atomic E-state index is 5.95. The van der Waals surface area contributed by atoms with Gasteiger partial charge in [0.1, 0.15) is 0 Å². The van der Waals surface area contributed by atoms with Gasteiger partial charge < -0.3 is 21.1 Å². The van der Waals surface area contributed by atoms with E-state index in [0.717, 1.165) is 56.0 Å². The van der Waals surface area contributed by atoms with Crippen molar-refractivity contribution >= 4 is 46.7 Å². The summed E-state index contributed by atoms with van der Waals surface area (Å²) < 4.78 is 5.38. The summed E-state index contributed by atoms with van der Waals surface area (Å²) in [6.07, 6.45) is 3.47.